The minimum absolute atomic E-state index is 0.275. The molecule has 0 radical (unpaired) electrons. The molecule has 0 amide bonds. The van der Waals surface area contributed by atoms with Crippen LogP contribution in [0.3, 0.4) is 0 Å². The Labute approximate surface area is 197 Å². The smallest absolute Gasteiger partial charge is 0.475 e. The molecule has 0 aromatic carbocycles. The predicted octanol–water partition coefficient (Wildman–Crippen LogP) is 2.72. The molecule has 202 valence electrons. The number of ether oxygens (including phenoxy) is 2. The van der Waals surface area contributed by atoms with Gasteiger partial charge in [0, 0.05) is 38.7 Å². The molecule has 1 atom stereocenters. The third kappa shape index (κ3) is 11.7. The van der Waals surface area contributed by atoms with E-state index >= 15 is 0 Å². The van der Waals surface area contributed by atoms with Crippen molar-refractivity contribution >= 4 is 11.9 Å². The van der Waals surface area contributed by atoms with E-state index in [1.54, 1.807) is 13.4 Å². The summed E-state index contributed by atoms with van der Waals surface area (Å²) in [4.78, 5) is 22.8. The van der Waals surface area contributed by atoms with Crippen molar-refractivity contribution in [2.45, 2.75) is 25.3 Å². The molecule has 1 spiro atoms. The normalized spacial score (nSPS) is 21.5. The molecule has 2 aliphatic rings. The monoisotopic (exact) mass is 522 g/mol. The minimum Gasteiger partial charge on any atom is -0.475 e. The van der Waals surface area contributed by atoms with Crippen LogP contribution in [0.15, 0.2) is 22.8 Å². The number of rotatable bonds is 5. The molecule has 2 fully saturated rings. The van der Waals surface area contributed by atoms with Crippen molar-refractivity contribution in [3.8, 4) is 0 Å². The summed E-state index contributed by atoms with van der Waals surface area (Å²) in [6.07, 6.45) is -7.20. The van der Waals surface area contributed by atoms with Crippen LogP contribution in [0.5, 0.6) is 0 Å². The van der Waals surface area contributed by atoms with Crippen LogP contribution in [0.2, 0.25) is 0 Å². The van der Waals surface area contributed by atoms with Crippen molar-refractivity contribution in [2.24, 2.45) is 5.41 Å². The zero-order valence-corrected chi connectivity index (χ0v) is 18.9. The van der Waals surface area contributed by atoms with Gasteiger partial charge in [-0.2, -0.15) is 26.3 Å². The molecule has 0 aliphatic carbocycles. The first kappa shape index (κ1) is 30.7. The van der Waals surface area contributed by atoms with Gasteiger partial charge in [0.15, 0.2) is 0 Å². The summed E-state index contributed by atoms with van der Waals surface area (Å²) < 4.78 is 80.1. The van der Waals surface area contributed by atoms with Gasteiger partial charge in [-0.3, -0.25) is 4.90 Å². The Morgan fingerprint density at radius 3 is 2.11 bits per heavy atom. The van der Waals surface area contributed by atoms with Gasteiger partial charge in [-0.05, 0) is 25.1 Å². The summed E-state index contributed by atoms with van der Waals surface area (Å²) >= 11 is 0. The van der Waals surface area contributed by atoms with Gasteiger partial charge in [-0.1, -0.05) is 0 Å². The van der Waals surface area contributed by atoms with Gasteiger partial charge in [0.05, 0.1) is 32.6 Å². The quantitative estimate of drug-likeness (QED) is 0.564. The summed E-state index contributed by atoms with van der Waals surface area (Å²) in [5.41, 5.74) is 0.275. The molecule has 15 heteroatoms. The first-order chi connectivity index (χ1) is 16.2. The van der Waals surface area contributed by atoms with Gasteiger partial charge in [0.2, 0.25) is 0 Å². The Hall–Kier alpha value is -2.36. The van der Waals surface area contributed by atoms with Crippen LogP contribution in [0.4, 0.5) is 26.3 Å². The average molecular weight is 522 g/mol. The lowest BCUT2D eigenvalue weighted by molar-refractivity contribution is -0.193. The Bertz CT molecular complexity index is 749. The van der Waals surface area contributed by atoms with Crippen molar-refractivity contribution in [3.05, 3.63) is 24.2 Å². The molecule has 2 saturated heterocycles. The summed E-state index contributed by atoms with van der Waals surface area (Å²) in [5, 5.41) is 14.2. The van der Waals surface area contributed by atoms with E-state index in [0.717, 1.165) is 64.8 Å². The largest absolute Gasteiger partial charge is 0.490 e. The standard InChI is InChI=1S/C16H26N2O3.2C2HF3O2/c1-19-9-6-17-5-4-16(12-17)13-18(7-10-20-14-16)11-15-3-2-8-21-15;2*3-2(4,5)1(6)7/h2-3,8H,4-7,9-14H2,1H3;2*(H,6,7). The van der Waals surface area contributed by atoms with E-state index in [1.807, 2.05) is 6.07 Å². The Morgan fingerprint density at radius 2 is 1.63 bits per heavy atom. The van der Waals surface area contributed by atoms with E-state index in [0.29, 0.717) is 0 Å². The fourth-order valence-corrected chi connectivity index (χ4v) is 3.53. The molecule has 3 heterocycles. The third-order valence-corrected chi connectivity index (χ3v) is 5.09. The van der Waals surface area contributed by atoms with Crippen molar-refractivity contribution in [1.82, 2.24) is 9.80 Å². The van der Waals surface area contributed by atoms with Gasteiger partial charge in [-0.15, -0.1) is 0 Å². The van der Waals surface area contributed by atoms with Crippen LogP contribution in [0.1, 0.15) is 12.2 Å². The van der Waals surface area contributed by atoms with E-state index in [-0.39, 0.29) is 5.41 Å². The highest BCUT2D eigenvalue weighted by Crippen LogP contribution is 2.33. The van der Waals surface area contributed by atoms with E-state index < -0.39 is 24.3 Å². The number of carboxylic acids is 2. The number of carbonyl (C=O) groups is 2. The molecule has 3 rings (SSSR count). The molecular formula is C20H28F6N2O7. The van der Waals surface area contributed by atoms with Crippen molar-refractivity contribution < 1.29 is 60.0 Å². The maximum Gasteiger partial charge on any atom is 0.490 e. The van der Waals surface area contributed by atoms with Gasteiger partial charge in [0.25, 0.3) is 0 Å². The average Bonchev–Trinajstić information content (AvgIpc) is 3.34. The first-order valence-corrected chi connectivity index (χ1v) is 10.3. The Morgan fingerprint density at radius 1 is 1.06 bits per heavy atom. The first-order valence-electron chi connectivity index (χ1n) is 10.3. The Kier molecular flexibility index (Phi) is 12.0. The number of nitrogens with zero attached hydrogens (tertiary/aromatic N) is 2. The SMILES string of the molecule is COCCN1CCC2(COCCN(Cc3ccco3)C2)C1.O=C(O)C(F)(F)F.O=C(O)C(F)(F)F. The molecule has 35 heavy (non-hydrogen) atoms. The number of aliphatic carboxylic acids is 2. The lowest BCUT2D eigenvalue weighted by Gasteiger charge is -2.31. The van der Waals surface area contributed by atoms with Crippen LogP contribution in [-0.4, -0.2) is 104 Å². The molecule has 0 saturated carbocycles. The van der Waals surface area contributed by atoms with Gasteiger partial charge < -0.3 is 29.0 Å². The molecule has 9 nitrogen and oxygen atoms in total. The van der Waals surface area contributed by atoms with Gasteiger partial charge in [-0.25, -0.2) is 9.59 Å². The fourth-order valence-electron chi connectivity index (χ4n) is 3.53. The number of carboxylic acid groups (broad SMARTS) is 2. The summed E-state index contributed by atoms with van der Waals surface area (Å²) in [6, 6.07) is 4.01. The number of alkyl halides is 6. The maximum absolute atomic E-state index is 10.6. The van der Waals surface area contributed by atoms with E-state index in [1.165, 1.54) is 6.42 Å². The Balaban J connectivity index is 0.000000362. The number of hydrogen-bond donors (Lipinski definition) is 2. The predicted molar refractivity (Wildman–Crippen MR) is 108 cm³/mol. The molecule has 1 unspecified atom stereocenters. The zero-order valence-electron chi connectivity index (χ0n) is 18.9. The third-order valence-electron chi connectivity index (χ3n) is 5.09. The summed E-state index contributed by atoms with van der Waals surface area (Å²) in [6.45, 7) is 8.77. The number of halogens is 6. The van der Waals surface area contributed by atoms with E-state index in [9.17, 15) is 26.3 Å². The molecule has 2 N–H and O–H groups in total. The highest BCUT2D eigenvalue weighted by Gasteiger charge is 2.41. The number of likely N-dealkylation sites (tertiary alicyclic amines) is 1. The summed E-state index contributed by atoms with van der Waals surface area (Å²) in [5.74, 6) is -4.47. The zero-order chi connectivity index (χ0) is 26.7. The number of furan rings is 1. The second-order valence-corrected chi connectivity index (χ2v) is 7.97. The van der Waals surface area contributed by atoms with E-state index in [2.05, 4.69) is 15.9 Å². The lowest BCUT2D eigenvalue weighted by atomic mass is 9.87. The molecular weight excluding hydrogens is 494 g/mol. The van der Waals surface area contributed by atoms with Crippen LogP contribution in [-0.2, 0) is 25.6 Å². The van der Waals surface area contributed by atoms with Crippen LogP contribution in [0, 0.1) is 5.41 Å². The van der Waals surface area contributed by atoms with Crippen molar-refractivity contribution in [2.75, 3.05) is 59.7 Å². The van der Waals surface area contributed by atoms with Crippen molar-refractivity contribution in [1.29, 1.82) is 0 Å². The molecule has 1 aromatic rings. The number of hydrogen-bond acceptors (Lipinski definition) is 7. The second kappa shape index (κ2) is 13.7. The van der Waals surface area contributed by atoms with Crippen LogP contribution in [0.25, 0.3) is 0 Å². The highest BCUT2D eigenvalue weighted by atomic mass is 19.4. The lowest BCUT2D eigenvalue weighted by Crippen LogP contribution is -2.40. The van der Waals surface area contributed by atoms with Crippen molar-refractivity contribution in [3.63, 3.8) is 0 Å². The van der Waals surface area contributed by atoms with Crippen LogP contribution >= 0.6 is 0 Å². The minimum atomic E-state index is -5.08. The molecule has 2 aliphatic heterocycles. The number of methoxy groups -OCH3 is 1. The topological polar surface area (TPSA) is 113 Å². The maximum atomic E-state index is 10.6. The fraction of sp³-hybridized carbons (Fsp3) is 0.700. The second-order valence-electron chi connectivity index (χ2n) is 7.97. The summed E-state index contributed by atoms with van der Waals surface area (Å²) in [7, 11) is 1.77. The van der Waals surface area contributed by atoms with E-state index in [4.69, 9.17) is 33.7 Å². The van der Waals surface area contributed by atoms with Gasteiger partial charge >= 0.3 is 24.3 Å². The van der Waals surface area contributed by atoms with Crippen LogP contribution < -0.4 is 0 Å². The molecule has 0 bridgehead atoms. The highest BCUT2D eigenvalue weighted by molar-refractivity contribution is 5.73. The molecule has 1 aromatic heterocycles. The van der Waals surface area contributed by atoms with Gasteiger partial charge in [0.1, 0.15) is 5.76 Å².